The van der Waals surface area contributed by atoms with Crippen molar-refractivity contribution < 1.29 is 14.6 Å². The van der Waals surface area contributed by atoms with E-state index in [1.54, 1.807) is 0 Å². The summed E-state index contributed by atoms with van der Waals surface area (Å²) in [5.41, 5.74) is 9.75. The first kappa shape index (κ1) is 24.8. The topological polar surface area (TPSA) is 88.7 Å². The average molecular weight is 506 g/mol. The number of rotatable bonds is 7. The van der Waals surface area contributed by atoms with E-state index in [9.17, 15) is 9.90 Å². The molecule has 1 aromatic heterocycles. The Hall–Kier alpha value is -2.93. The molecule has 0 saturated carbocycles. The van der Waals surface area contributed by atoms with E-state index in [2.05, 4.69) is 22.0 Å². The maximum atomic E-state index is 11.5. The standard InChI is InChI=1S/C29H32ClN3O3/c30-22-8-6-21(7-9-22)29(35)11-15-33(16-12-29)14-2-4-23-24-3-1-13-32-26(24)19-36-27-10-5-20(17-25(23)27)18-28(31)34/h1,3,5-10,13,17,23,35H,2,4,11-12,14-16,18-19H2,(H2,31,34). The van der Waals surface area contributed by atoms with Gasteiger partial charge < -0.3 is 20.5 Å². The van der Waals surface area contributed by atoms with Crippen molar-refractivity contribution in [3.05, 3.63) is 93.8 Å². The normalized spacial score (nSPS) is 19.0. The van der Waals surface area contributed by atoms with Crippen LogP contribution >= 0.6 is 11.6 Å². The number of piperidine rings is 1. The molecule has 1 unspecified atom stereocenters. The van der Waals surface area contributed by atoms with Gasteiger partial charge in [-0.3, -0.25) is 9.78 Å². The molecule has 0 spiro atoms. The van der Waals surface area contributed by atoms with Gasteiger partial charge in [-0.15, -0.1) is 0 Å². The lowest BCUT2D eigenvalue weighted by Crippen LogP contribution is -2.42. The highest BCUT2D eigenvalue weighted by atomic mass is 35.5. The number of hydrogen-bond donors (Lipinski definition) is 2. The van der Waals surface area contributed by atoms with Crippen molar-refractivity contribution in [3.8, 4) is 5.75 Å². The third-order valence-electron chi connectivity index (χ3n) is 7.53. The SMILES string of the molecule is NC(=O)Cc1ccc2c(c1)C(CCCN1CCC(O)(c3ccc(Cl)cc3)CC1)c1cccnc1CO2. The van der Waals surface area contributed by atoms with E-state index in [1.165, 1.54) is 5.56 Å². The second-order valence-electron chi connectivity index (χ2n) is 9.92. The fourth-order valence-corrected chi connectivity index (χ4v) is 5.67. The van der Waals surface area contributed by atoms with Crippen molar-refractivity contribution in [1.29, 1.82) is 0 Å². The number of primary amides is 1. The van der Waals surface area contributed by atoms with Crippen LogP contribution in [0.3, 0.4) is 0 Å². The molecule has 3 aromatic rings. The van der Waals surface area contributed by atoms with Gasteiger partial charge in [0.1, 0.15) is 12.4 Å². The Morgan fingerprint density at radius 3 is 2.67 bits per heavy atom. The molecule has 2 aromatic carbocycles. The number of halogens is 1. The minimum Gasteiger partial charge on any atom is -0.487 e. The number of ether oxygens (including phenoxy) is 1. The minimum atomic E-state index is -0.792. The summed E-state index contributed by atoms with van der Waals surface area (Å²) in [7, 11) is 0. The van der Waals surface area contributed by atoms with Gasteiger partial charge in [-0.2, -0.15) is 0 Å². The molecule has 2 aliphatic rings. The summed E-state index contributed by atoms with van der Waals surface area (Å²) in [6, 6.07) is 17.6. The van der Waals surface area contributed by atoms with E-state index in [0.29, 0.717) is 24.5 Å². The number of fused-ring (bicyclic) bond motifs is 2. The molecule has 6 nitrogen and oxygen atoms in total. The van der Waals surface area contributed by atoms with Crippen molar-refractivity contribution in [2.45, 2.75) is 50.2 Å². The van der Waals surface area contributed by atoms with Crippen LogP contribution in [0.2, 0.25) is 5.02 Å². The quantitative estimate of drug-likeness (QED) is 0.491. The van der Waals surface area contributed by atoms with Gasteiger partial charge >= 0.3 is 0 Å². The van der Waals surface area contributed by atoms with E-state index in [0.717, 1.165) is 60.6 Å². The number of benzene rings is 2. The molecule has 1 saturated heterocycles. The van der Waals surface area contributed by atoms with E-state index in [4.69, 9.17) is 22.1 Å². The maximum Gasteiger partial charge on any atom is 0.221 e. The number of aromatic nitrogens is 1. The number of pyridine rings is 1. The van der Waals surface area contributed by atoms with Gasteiger partial charge in [0.05, 0.1) is 17.7 Å². The van der Waals surface area contributed by atoms with Crippen LogP contribution in [-0.4, -0.2) is 40.5 Å². The van der Waals surface area contributed by atoms with Crippen molar-refractivity contribution in [2.75, 3.05) is 19.6 Å². The maximum absolute atomic E-state index is 11.5. The molecule has 1 atom stereocenters. The number of likely N-dealkylation sites (tertiary alicyclic amines) is 1. The van der Waals surface area contributed by atoms with Gasteiger partial charge in [-0.05, 0) is 73.2 Å². The molecule has 3 heterocycles. The first-order valence-corrected chi connectivity index (χ1v) is 13.0. The molecule has 0 radical (unpaired) electrons. The highest BCUT2D eigenvalue weighted by molar-refractivity contribution is 6.30. The van der Waals surface area contributed by atoms with Gasteiger partial charge in [-0.1, -0.05) is 41.9 Å². The Morgan fingerprint density at radius 2 is 1.92 bits per heavy atom. The van der Waals surface area contributed by atoms with E-state index >= 15 is 0 Å². The second-order valence-corrected chi connectivity index (χ2v) is 10.4. The third-order valence-corrected chi connectivity index (χ3v) is 7.78. The number of hydrogen-bond acceptors (Lipinski definition) is 5. The molecular formula is C29H32ClN3O3. The van der Waals surface area contributed by atoms with Crippen LogP contribution in [0.25, 0.3) is 0 Å². The van der Waals surface area contributed by atoms with Crippen LogP contribution in [0.15, 0.2) is 60.8 Å². The average Bonchev–Trinajstić information content (AvgIpc) is 3.02. The first-order valence-electron chi connectivity index (χ1n) is 12.6. The largest absolute Gasteiger partial charge is 0.487 e. The lowest BCUT2D eigenvalue weighted by molar-refractivity contribution is -0.117. The number of nitrogens with two attached hydrogens (primary N) is 1. The number of nitrogens with zero attached hydrogens (tertiary/aromatic N) is 2. The second kappa shape index (κ2) is 10.6. The van der Waals surface area contributed by atoms with Gasteiger partial charge in [0.2, 0.25) is 5.91 Å². The predicted molar refractivity (Wildman–Crippen MR) is 140 cm³/mol. The summed E-state index contributed by atoms with van der Waals surface area (Å²) in [5, 5.41) is 11.9. The van der Waals surface area contributed by atoms with Crippen molar-refractivity contribution in [1.82, 2.24) is 9.88 Å². The Labute approximate surface area is 217 Å². The predicted octanol–water partition coefficient (Wildman–Crippen LogP) is 4.55. The summed E-state index contributed by atoms with van der Waals surface area (Å²) in [4.78, 5) is 18.6. The van der Waals surface area contributed by atoms with Crippen molar-refractivity contribution in [2.24, 2.45) is 5.73 Å². The van der Waals surface area contributed by atoms with Gasteiger partial charge in [0.15, 0.2) is 0 Å². The third kappa shape index (κ3) is 5.41. The zero-order valence-electron chi connectivity index (χ0n) is 20.3. The van der Waals surface area contributed by atoms with Crippen LogP contribution in [0.1, 0.15) is 59.5 Å². The lowest BCUT2D eigenvalue weighted by atomic mass is 9.84. The summed E-state index contributed by atoms with van der Waals surface area (Å²) in [6.07, 6.45) is 5.37. The van der Waals surface area contributed by atoms with E-state index < -0.39 is 5.60 Å². The molecule has 36 heavy (non-hydrogen) atoms. The minimum absolute atomic E-state index is 0.134. The molecule has 3 N–H and O–H groups in total. The number of carbonyl (C=O) groups is 1. The van der Waals surface area contributed by atoms with Gasteiger partial charge in [-0.25, -0.2) is 0 Å². The first-order chi connectivity index (χ1) is 17.4. The number of carbonyl (C=O) groups excluding carboxylic acids is 1. The van der Waals surface area contributed by atoms with Crippen LogP contribution in [-0.2, 0) is 23.4 Å². The Kier molecular flexibility index (Phi) is 7.28. The molecule has 2 aliphatic heterocycles. The molecule has 188 valence electrons. The summed E-state index contributed by atoms with van der Waals surface area (Å²) in [6.45, 7) is 3.10. The molecular weight excluding hydrogens is 474 g/mol. The smallest absolute Gasteiger partial charge is 0.221 e. The fraction of sp³-hybridized carbons (Fsp3) is 0.379. The molecule has 1 fully saturated rings. The molecule has 5 rings (SSSR count). The van der Waals surface area contributed by atoms with Gasteiger partial charge in [0.25, 0.3) is 0 Å². The summed E-state index contributed by atoms with van der Waals surface area (Å²) < 4.78 is 6.11. The van der Waals surface area contributed by atoms with Crippen LogP contribution in [0, 0.1) is 0 Å². The summed E-state index contributed by atoms with van der Waals surface area (Å²) in [5.74, 6) is 0.638. The monoisotopic (exact) mass is 505 g/mol. The lowest BCUT2D eigenvalue weighted by Gasteiger charge is -2.38. The van der Waals surface area contributed by atoms with Crippen molar-refractivity contribution >= 4 is 17.5 Å². The molecule has 0 aliphatic carbocycles. The Balaban J connectivity index is 1.27. The van der Waals surface area contributed by atoms with Crippen LogP contribution in [0.5, 0.6) is 5.75 Å². The fourth-order valence-electron chi connectivity index (χ4n) is 5.54. The zero-order valence-corrected chi connectivity index (χ0v) is 21.1. The molecule has 1 amide bonds. The summed E-state index contributed by atoms with van der Waals surface area (Å²) >= 11 is 6.02. The highest BCUT2D eigenvalue weighted by Gasteiger charge is 2.34. The number of amides is 1. The zero-order chi connectivity index (χ0) is 25.1. The number of aliphatic hydroxyl groups is 1. The van der Waals surface area contributed by atoms with Gasteiger partial charge in [0, 0.05) is 35.8 Å². The van der Waals surface area contributed by atoms with Crippen LogP contribution < -0.4 is 10.5 Å². The van der Waals surface area contributed by atoms with E-state index in [-0.39, 0.29) is 18.2 Å². The van der Waals surface area contributed by atoms with E-state index in [1.807, 2.05) is 48.7 Å². The van der Waals surface area contributed by atoms with Crippen molar-refractivity contribution in [3.63, 3.8) is 0 Å². The Morgan fingerprint density at radius 1 is 1.14 bits per heavy atom. The Bertz CT molecular complexity index is 1220. The molecule has 0 bridgehead atoms. The highest BCUT2D eigenvalue weighted by Crippen LogP contribution is 2.40. The molecule has 7 heteroatoms. The van der Waals surface area contributed by atoms with Crippen LogP contribution in [0.4, 0.5) is 0 Å².